The van der Waals surface area contributed by atoms with Gasteiger partial charge < -0.3 is 16.2 Å². The number of aromatic hydroxyl groups is 1. The van der Waals surface area contributed by atoms with Gasteiger partial charge in [0, 0.05) is 37.6 Å². The first-order valence-corrected chi connectivity index (χ1v) is 8.22. The maximum atomic E-state index is 10.3. The average Bonchev–Trinajstić information content (AvgIpc) is 3.06. The van der Waals surface area contributed by atoms with Crippen molar-refractivity contribution in [3.63, 3.8) is 0 Å². The van der Waals surface area contributed by atoms with Crippen LogP contribution in [0.4, 0.5) is 5.82 Å². The first-order valence-electron chi connectivity index (χ1n) is 8.22. The van der Waals surface area contributed by atoms with E-state index in [4.69, 9.17) is 5.73 Å². The zero-order valence-corrected chi connectivity index (χ0v) is 14.3. The number of benzene rings is 1. The molecule has 0 bridgehead atoms. The second-order valence-corrected chi connectivity index (χ2v) is 5.89. The van der Waals surface area contributed by atoms with E-state index in [-0.39, 0.29) is 11.8 Å². The SMILES string of the molecule is CC[C@@H](N)CNc1ccnc(-c2cc(-c3ccnn3C)ccc2O)n1. The van der Waals surface area contributed by atoms with Crippen LogP contribution in [0.3, 0.4) is 0 Å². The van der Waals surface area contributed by atoms with E-state index >= 15 is 0 Å². The molecule has 0 aliphatic heterocycles. The summed E-state index contributed by atoms with van der Waals surface area (Å²) in [5, 5.41) is 17.6. The number of aromatic nitrogens is 4. The zero-order valence-electron chi connectivity index (χ0n) is 14.3. The molecule has 130 valence electrons. The highest BCUT2D eigenvalue weighted by atomic mass is 16.3. The molecule has 3 rings (SSSR count). The summed E-state index contributed by atoms with van der Waals surface area (Å²) in [5.41, 5.74) is 8.38. The van der Waals surface area contributed by atoms with Crippen molar-refractivity contribution in [3.05, 3.63) is 42.7 Å². The first-order chi connectivity index (χ1) is 12.1. The second-order valence-electron chi connectivity index (χ2n) is 5.89. The third kappa shape index (κ3) is 3.77. The zero-order chi connectivity index (χ0) is 17.8. The first kappa shape index (κ1) is 16.9. The summed E-state index contributed by atoms with van der Waals surface area (Å²) in [4.78, 5) is 8.79. The van der Waals surface area contributed by atoms with Crippen molar-refractivity contribution < 1.29 is 5.11 Å². The molecule has 7 nitrogen and oxygen atoms in total. The minimum Gasteiger partial charge on any atom is -0.507 e. The largest absolute Gasteiger partial charge is 0.507 e. The fraction of sp³-hybridized carbons (Fsp3) is 0.278. The van der Waals surface area contributed by atoms with E-state index < -0.39 is 0 Å². The van der Waals surface area contributed by atoms with Gasteiger partial charge in [-0.1, -0.05) is 6.92 Å². The van der Waals surface area contributed by atoms with E-state index in [1.807, 2.05) is 32.2 Å². The maximum absolute atomic E-state index is 10.3. The van der Waals surface area contributed by atoms with E-state index in [2.05, 4.69) is 20.4 Å². The lowest BCUT2D eigenvalue weighted by molar-refractivity contribution is 0.477. The van der Waals surface area contributed by atoms with E-state index in [1.54, 1.807) is 29.2 Å². The molecule has 0 fully saturated rings. The van der Waals surface area contributed by atoms with Gasteiger partial charge in [-0.3, -0.25) is 4.68 Å². The summed E-state index contributed by atoms with van der Waals surface area (Å²) in [6.45, 7) is 2.67. The molecule has 0 saturated heterocycles. The van der Waals surface area contributed by atoms with Gasteiger partial charge in [-0.15, -0.1) is 0 Å². The minimum absolute atomic E-state index is 0.0694. The molecular formula is C18H22N6O. The lowest BCUT2D eigenvalue weighted by Crippen LogP contribution is -2.28. The Labute approximate surface area is 146 Å². The molecule has 0 saturated carbocycles. The standard InChI is InChI=1S/C18H22N6O/c1-3-13(19)11-21-17-7-8-20-18(23-17)14-10-12(4-5-16(14)25)15-6-9-22-24(15)2/h4-10,13,25H,3,11,19H2,1-2H3,(H,20,21,23)/t13-/m1/s1. The Bertz CT molecular complexity index is 860. The predicted molar refractivity (Wildman–Crippen MR) is 98.1 cm³/mol. The van der Waals surface area contributed by atoms with Gasteiger partial charge in [0.2, 0.25) is 0 Å². The van der Waals surface area contributed by atoms with Gasteiger partial charge in [0.25, 0.3) is 0 Å². The predicted octanol–water partition coefficient (Wildman–Crippen LogP) is 2.40. The molecule has 0 amide bonds. The number of aryl methyl sites for hydroxylation is 1. The van der Waals surface area contributed by atoms with Crippen LogP contribution < -0.4 is 11.1 Å². The summed E-state index contributed by atoms with van der Waals surface area (Å²) in [6.07, 6.45) is 4.29. The number of phenols is 1. The van der Waals surface area contributed by atoms with Crippen LogP contribution in [0.25, 0.3) is 22.6 Å². The number of hydrogen-bond acceptors (Lipinski definition) is 6. The molecule has 0 radical (unpaired) electrons. The second kappa shape index (κ2) is 7.31. The molecule has 1 atom stereocenters. The Morgan fingerprint density at radius 3 is 2.80 bits per heavy atom. The van der Waals surface area contributed by atoms with Crippen molar-refractivity contribution in [3.8, 4) is 28.4 Å². The molecule has 2 aromatic heterocycles. The summed E-state index contributed by atoms with van der Waals surface area (Å²) in [5.74, 6) is 1.27. The van der Waals surface area contributed by atoms with Gasteiger partial charge in [0.05, 0.1) is 11.3 Å². The smallest absolute Gasteiger partial charge is 0.165 e. The van der Waals surface area contributed by atoms with Crippen LogP contribution in [0.1, 0.15) is 13.3 Å². The monoisotopic (exact) mass is 338 g/mol. The Hall–Kier alpha value is -2.93. The fourth-order valence-electron chi connectivity index (χ4n) is 2.50. The van der Waals surface area contributed by atoms with Crippen molar-refractivity contribution in [2.45, 2.75) is 19.4 Å². The Balaban J connectivity index is 1.92. The van der Waals surface area contributed by atoms with Crippen molar-refractivity contribution in [1.29, 1.82) is 0 Å². The Kier molecular flexibility index (Phi) is 4.95. The highest BCUT2D eigenvalue weighted by Crippen LogP contribution is 2.31. The molecule has 7 heteroatoms. The summed E-state index contributed by atoms with van der Waals surface area (Å²) < 4.78 is 1.78. The lowest BCUT2D eigenvalue weighted by atomic mass is 10.1. The van der Waals surface area contributed by atoms with Crippen molar-refractivity contribution >= 4 is 5.82 Å². The van der Waals surface area contributed by atoms with E-state index in [0.29, 0.717) is 23.8 Å². The summed E-state index contributed by atoms with van der Waals surface area (Å²) in [6, 6.07) is 9.13. The van der Waals surface area contributed by atoms with Gasteiger partial charge in [-0.25, -0.2) is 9.97 Å². The molecule has 0 aliphatic carbocycles. The van der Waals surface area contributed by atoms with Gasteiger partial charge >= 0.3 is 0 Å². The van der Waals surface area contributed by atoms with Gasteiger partial charge in [-0.2, -0.15) is 5.10 Å². The van der Waals surface area contributed by atoms with E-state index in [0.717, 1.165) is 17.7 Å². The topological polar surface area (TPSA) is 102 Å². The Morgan fingerprint density at radius 2 is 2.08 bits per heavy atom. The van der Waals surface area contributed by atoms with Gasteiger partial charge in [-0.05, 0) is 36.8 Å². The van der Waals surface area contributed by atoms with Crippen LogP contribution in [0.5, 0.6) is 5.75 Å². The quantitative estimate of drug-likeness (QED) is 0.638. The number of phenolic OH excluding ortho intramolecular Hbond substituents is 1. The number of nitrogens with zero attached hydrogens (tertiary/aromatic N) is 4. The highest BCUT2D eigenvalue weighted by molar-refractivity contribution is 5.73. The number of hydrogen-bond donors (Lipinski definition) is 3. The fourth-order valence-corrected chi connectivity index (χ4v) is 2.50. The van der Waals surface area contributed by atoms with Crippen molar-refractivity contribution in [2.75, 3.05) is 11.9 Å². The lowest BCUT2D eigenvalue weighted by Gasteiger charge is -2.12. The summed E-state index contributed by atoms with van der Waals surface area (Å²) in [7, 11) is 1.87. The molecule has 0 unspecified atom stereocenters. The average molecular weight is 338 g/mol. The normalized spacial score (nSPS) is 12.1. The van der Waals surface area contributed by atoms with Crippen molar-refractivity contribution in [2.24, 2.45) is 12.8 Å². The van der Waals surface area contributed by atoms with Gasteiger partial charge in [0.1, 0.15) is 11.6 Å². The third-order valence-corrected chi connectivity index (χ3v) is 4.08. The van der Waals surface area contributed by atoms with Crippen LogP contribution in [0, 0.1) is 0 Å². The molecule has 0 aliphatic rings. The number of rotatable bonds is 6. The van der Waals surface area contributed by atoms with Crippen LogP contribution in [0.15, 0.2) is 42.7 Å². The van der Waals surface area contributed by atoms with E-state index in [9.17, 15) is 5.11 Å². The number of anilines is 1. The molecule has 25 heavy (non-hydrogen) atoms. The third-order valence-electron chi connectivity index (χ3n) is 4.08. The Morgan fingerprint density at radius 1 is 1.24 bits per heavy atom. The minimum atomic E-state index is 0.0694. The highest BCUT2D eigenvalue weighted by Gasteiger charge is 2.12. The molecule has 3 aromatic rings. The maximum Gasteiger partial charge on any atom is 0.165 e. The number of nitrogens with one attached hydrogen (secondary N) is 1. The molecular weight excluding hydrogens is 316 g/mol. The van der Waals surface area contributed by atoms with E-state index in [1.165, 1.54) is 0 Å². The van der Waals surface area contributed by atoms with Crippen molar-refractivity contribution in [1.82, 2.24) is 19.7 Å². The van der Waals surface area contributed by atoms with Crippen LogP contribution in [0.2, 0.25) is 0 Å². The molecule has 1 aromatic carbocycles. The van der Waals surface area contributed by atoms with Gasteiger partial charge in [0.15, 0.2) is 5.82 Å². The molecule has 4 N–H and O–H groups in total. The van der Waals surface area contributed by atoms with Crippen LogP contribution in [-0.4, -0.2) is 37.4 Å². The molecule has 0 spiro atoms. The summed E-state index contributed by atoms with van der Waals surface area (Å²) >= 11 is 0. The molecule has 2 heterocycles. The number of nitrogens with two attached hydrogens (primary N) is 1. The van der Waals surface area contributed by atoms with Crippen LogP contribution >= 0.6 is 0 Å². The van der Waals surface area contributed by atoms with Crippen LogP contribution in [-0.2, 0) is 7.05 Å².